The Morgan fingerprint density at radius 1 is 1.04 bits per heavy atom. The first-order valence-electron chi connectivity index (χ1n) is 15.4. The topological polar surface area (TPSA) is 205 Å². The summed E-state index contributed by atoms with van der Waals surface area (Å²) in [5.41, 5.74) is 15.6. The van der Waals surface area contributed by atoms with E-state index in [1.54, 1.807) is 23.9 Å². The molecule has 15 nitrogen and oxygen atoms in total. The Bertz CT molecular complexity index is 1050. The van der Waals surface area contributed by atoms with Gasteiger partial charge in [0.2, 0.25) is 11.8 Å². The average molecular weight is 652 g/mol. The highest BCUT2D eigenvalue weighted by Gasteiger charge is 2.22. The molecular weight excluding hydrogens is 602 g/mol. The number of nitrogens with zero attached hydrogens (tertiary/aromatic N) is 4. The minimum atomic E-state index is -0.126. The second-order valence-electron chi connectivity index (χ2n) is 10.4. The maximum atomic E-state index is 12.5. The molecule has 0 spiro atoms. The number of azide groups is 1. The van der Waals surface area contributed by atoms with Gasteiger partial charge in [-0.05, 0) is 30.9 Å². The van der Waals surface area contributed by atoms with Gasteiger partial charge in [0.1, 0.15) is 0 Å². The molecule has 1 aliphatic rings. The van der Waals surface area contributed by atoms with Crippen LogP contribution in [0.2, 0.25) is 0 Å². The summed E-state index contributed by atoms with van der Waals surface area (Å²) in [6.45, 7) is 6.97. The number of ether oxygens (including phenoxy) is 3. The lowest BCUT2D eigenvalue weighted by atomic mass is 10.1. The molecule has 4 amide bonds. The summed E-state index contributed by atoms with van der Waals surface area (Å²) >= 11 is 1.73. The first kappa shape index (κ1) is 38.1. The number of hydrogen-bond donors (Lipinski definition) is 5. The Labute approximate surface area is 269 Å². The molecule has 0 bridgehead atoms. The number of nitrogens with two attached hydrogens (primary N) is 1. The third-order valence-corrected chi connectivity index (χ3v) is 8.17. The second-order valence-corrected chi connectivity index (χ2v) is 11.7. The highest BCUT2D eigenvalue weighted by molar-refractivity contribution is 7.99. The largest absolute Gasteiger partial charge is 0.379 e. The smallest absolute Gasteiger partial charge is 0.315 e. The van der Waals surface area contributed by atoms with Gasteiger partial charge in [0.05, 0.1) is 52.1 Å². The lowest BCUT2D eigenvalue weighted by Gasteiger charge is -2.22. The number of unbranched alkanes of at least 4 members (excludes halogenated alkanes) is 1. The Hall–Kier alpha value is -3.11. The molecule has 1 aromatic rings. The number of hydrogen-bond acceptors (Lipinski definition) is 10. The SMILES string of the molecule is CC1NC(=O)NCSC1CCCCC(=O)NCCOCCOCCNC(=O)CN(CCOCCN)Cc1ccc(N=[N+]=[N-])cc1. The maximum absolute atomic E-state index is 12.5. The molecule has 16 heteroatoms. The lowest BCUT2D eigenvalue weighted by molar-refractivity contribution is -0.123. The lowest BCUT2D eigenvalue weighted by Crippen LogP contribution is -2.41. The maximum Gasteiger partial charge on any atom is 0.315 e. The highest BCUT2D eigenvalue weighted by Crippen LogP contribution is 2.22. The molecule has 45 heavy (non-hydrogen) atoms. The molecule has 2 atom stereocenters. The van der Waals surface area contributed by atoms with E-state index in [-0.39, 0.29) is 30.4 Å². The molecule has 1 heterocycles. The van der Waals surface area contributed by atoms with Crippen molar-refractivity contribution in [2.45, 2.75) is 50.4 Å². The molecule has 1 saturated heterocycles. The van der Waals surface area contributed by atoms with Crippen LogP contribution in [0.3, 0.4) is 0 Å². The normalized spacial score (nSPS) is 16.3. The predicted octanol–water partition coefficient (Wildman–Crippen LogP) is 1.99. The van der Waals surface area contributed by atoms with Crippen molar-refractivity contribution in [1.82, 2.24) is 26.2 Å². The van der Waals surface area contributed by atoms with E-state index >= 15 is 0 Å². The molecule has 1 fully saturated rings. The second kappa shape index (κ2) is 24.2. The summed E-state index contributed by atoms with van der Waals surface area (Å²) in [6, 6.07) is 7.18. The first-order chi connectivity index (χ1) is 21.9. The number of amides is 4. The van der Waals surface area contributed by atoms with Crippen molar-refractivity contribution in [1.29, 1.82) is 0 Å². The minimum absolute atomic E-state index is 0.00649. The van der Waals surface area contributed by atoms with Gasteiger partial charge in [-0.15, -0.1) is 11.8 Å². The third-order valence-electron chi connectivity index (χ3n) is 6.78. The monoisotopic (exact) mass is 651 g/mol. The molecule has 0 radical (unpaired) electrons. The quantitative estimate of drug-likeness (QED) is 0.0479. The Morgan fingerprint density at radius 3 is 2.42 bits per heavy atom. The van der Waals surface area contributed by atoms with Gasteiger partial charge in [-0.2, -0.15) is 0 Å². The first-order valence-corrected chi connectivity index (χ1v) is 16.4. The van der Waals surface area contributed by atoms with Crippen molar-refractivity contribution in [3.8, 4) is 0 Å². The van der Waals surface area contributed by atoms with Gasteiger partial charge in [-0.25, -0.2) is 4.79 Å². The van der Waals surface area contributed by atoms with Gasteiger partial charge < -0.3 is 41.2 Å². The van der Waals surface area contributed by atoms with E-state index in [0.717, 1.165) is 24.8 Å². The predicted molar refractivity (Wildman–Crippen MR) is 174 cm³/mol. The molecule has 252 valence electrons. The summed E-state index contributed by atoms with van der Waals surface area (Å²) in [5.74, 6) is 0.487. The fraction of sp³-hybridized carbons (Fsp3) is 0.690. The number of nitrogens with one attached hydrogen (secondary N) is 4. The molecule has 1 aliphatic heterocycles. The molecule has 2 unspecified atom stereocenters. The minimum Gasteiger partial charge on any atom is -0.379 e. The molecule has 0 aromatic heterocycles. The Balaban J connectivity index is 1.48. The summed E-state index contributed by atoms with van der Waals surface area (Å²) in [5, 5.41) is 15.4. The van der Waals surface area contributed by atoms with Crippen molar-refractivity contribution in [2.75, 3.05) is 78.2 Å². The Kier molecular flexibility index (Phi) is 20.4. The van der Waals surface area contributed by atoms with E-state index in [0.29, 0.717) is 95.6 Å². The van der Waals surface area contributed by atoms with Crippen molar-refractivity contribution < 1.29 is 28.6 Å². The number of urea groups is 1. The van der Waals surface area contributed by atoms with Crippen LogP contribution in [0.1, 0.15) is 38.2 Å². The fourth-order valence-electron chi connectivity index (χ4n) is 4.44. The van der Waals surface area contributed by atoms with E-state index < -0.39 is 0 Å². The molecule has 0 saturated carbocycles. The van der Waals surface area contributed by atoms with Crippen molar-refractivity contribution in [3.05, 3.63) is 40.3 Å². The van der Waals surface area contributed by atoms with E-state index in [1.807, 2.05) is 24.0 Å². The van der Waals surface area contributed by atoms with E-state index in [1.165, 1.54) is 0 Å². The van der Waals surface area contributed by atoms with E-state index in [4.69, 9.17) is 25.5 Å². The number of benzene rings is 1. The number of rotatable bonds is 24. The number of carbonyl (C=O) groups excluding carboxylic acids is 3. The highest BCUT2D eigenvalue weighted by atomic mass is 32.2. The summed E-state index contributed by atoms with van der Waals surface area (Å²) < 4.78 is 16.5. The van der Waals surface area contributed by atoms with Gasteiger partial charge in [0.15, 0.2) is 0 Å². The zero-order chi connectivity index (χ0) is 32.5. The summed E-state index contributed by atoms with van der Waals surface area (Å²) in [7, 11) is 0. The van der Waals surface area contributed by atoms with Crippen LogP contribution in [-0.4, -0.2) is 112 Å². The van der Waals surface area contributed by atoms with Gasteiger partial charge in [-0.1, -0.05) is 35.8 Å². The molecule has 1 aromatic carbocycles. The van der Waals surface area contributed by atoms with Crippen LogP contribution in [0, 0.1) is 0 Å². The van der Waals surface area contributed by atoms with Crippen LogP contribution < -0.4 is 27.0 Å². The van der Waals surface area contributed by atoms with Crippen LogP contribution in [0.5, 0.6) is 0 Å². The van der Waals surface area contributed by atoms with E-state index in [2.05, 4.69) is 31.3 Å². The van der Waals surface area contributed by atoms with Gasteiger partial charge >= 0.3 is 6.03 Å². The van der Waals surface area contributed by atoms with E-state index in [9.17, 15) is 14.4 Å². The van der Waals surface area contributed by atoms with Crippen LogP contribution in [0.25, 0.3) is 10.4 Å². The standard InChI is InChI=1S/C29H49N9O6S/c1-23-26(45-22-34-29(41)35-23)4-2-3-5-27(39)32-11-15-43-18-19-44-16-12-33-28(40)21-38(13-17-42-14-10-30)20-24-6-8-25(9-7-24)36-37-31/h6-9,23,26H,2-5,10-22,30H2,1H3,(H,32,39)(H,33,40)(H2,34,35,41). The molecule has 6 N–H and O–H groups in total. The van der Waals surface area contributed by atoms with Crippen molar-refractivity contribution in [2.24, 2.45) is 10.8 Å². The Morgan fingerprint density at radius 2 is 1.73 bits per heavy atom. The third kappa shape index (κ3) is 18.5. The van der Waals surface area contributed by atoms with Gasteiger partial charge in [0.25, 0.3) is 0 Å². The van der Waals surface area contributed by atoms with Crippen LogP contribution in [-0.2, 0) is 30.3 Å². The van der Waals surface area contributed by atoms with Crippen molar-refractivity contribution in [3.63, 3.8) is 0 Å². The zero-order valence-corrected chi connectivity index (χ0v) is 27.0. The number of thioether (sulfide) groups is 1. The summed E-state index contributed by atoms with van der Waals surface area (Å²) in [4.78, 5) is 40.8. The van der Waals surface area contributed by atoms with Crippen LogP contribution >= 0.6 is 11.8 Å². The molecule has 0 aliphatic carbocycles. The van der Waals surface area contributed by atoms with Crippen molar-refractivity contribution >= 4 is 35.3 Å². The van der Waals surface area contributed by atoms with Crippen LogP contribution in [0.4, 0.5) is 10.5 Å². The number of carbonyl (C=O) groups is 3. The van der Waals surface area contributed by atoms with Gasteiger partial charge in [0, 0.05) is 61.0 Å². The zero-order valence-electron chi connectivity index (χ0n) is 26.2. The van der Waals surface area contributed by atoms with Gasteiger partial charge in [-0.3, -0.25) is 14.5 Å². The fourth-order valence-corrected chi connectivity index (χ4v) is 5.56. The molecule has 2 rings (SSSR count). The molecular formula is C29H49N9O6S. The summed E-state index contributed by atoms with van der Waals surface area (Å²) in [6.07, 6.45) is 3.15. The van der Waals surface area contributed by atoms with Crippen LogP contribution in [0.15, 0.2) is 29.4 Å². The average Bonchev–Trinajstić information content (AvgIpc) is 3.18.